The molecule has 6 heteroatoms. The fourth-order valence-electron chi connectivity index (χ4n) is 1.88. The van der Waals surface area contributed by atoms with Gasteiger partial charge in [-0.15, -0.1) is 11.3 Å². The van der Waals surface area contributed by atoms with E-state index < -0.39 is 0 Å². The van der Waals surface area contributed by atoms with E-state index in [2.05, 4.69) is 10.3 Å². The van der Waals surface area contributed by atoms with Gasteiger partial charge in [0.15, 0.2) is 5.76 Å². The number of aromatic nitrogens is 2. The van der Waals surface area contributed by atoms with E-state index in [4.69, 9.17) is 9.05 Å². The summed E-state index contributed by atoms with van der Waals surface area (Å²) in [5.41, 5.74) is 3.11. The van der Waals surface area contributed by atoms with Crippen LogP contribution in [0.2, 0.25) is 0 Å². The molecule has 0 saturated carbocycles. The fraction of sp³-hybridized carbons (Fsp3) is 0.286. The predicted octanol–water partition coefficient (Wildman–Crippen LogP) is 4.44. The zero-order valence-corrected chi connectivity index (χ0v) is 12.9. The zero-order chi connectivity index (χ0) is 13.9. The third-order valence-corrected chi connectivity index (χ3v) is 4.88. The Kier molecular flexibility index (Phi) is 3.93. The van der Waals surface area contributed by atoms with Gasteiger partial charge in [0, 0.05) is 23.1 Å². The minimum atomic E-state index is 0.818. The molecule has 0 amide bonds. The third kappa shape index (κ3) is 2.81. The Morgan fingerprint density at radius 1 is 1.20 bits per heavy atom. The van der Waals surface area contributed by atoms with Gasteiger partial charge in [-0.2, -0.15) is 11.8 Å². The molecule has 0 saturated heterocycles. The monoisotopic (exact) mass is 306 g/mol. The normalized spacial score (nSPS) is 11.1. The van der Waals surface area contributed by atoms with Crippen LogP contribution in [0.4, 0.5) is 0 Å². The summed E-state index contributed by atoms with van der Waals surface area (Å²) in [6, 6.07) is 6.05. The van der Waals surface area contributed by atoms with Gasteiger partial charge in [0.2, 0.25) is 0 Å². The van der Waals surface area contributed by atoms with Crippen molar-refractivity contribution in [3.63, 3.8) is 0 Å². The van der Waals surface area contributed by atoms with Crippen LogP contribution in [0.5, 0.6) is 0 Å². The fourth-order valence-corrected chi connectivity index (χ4v) is 3.62. The Labute approximate surface area is 125 Å². The van der Waals surface area contributed by atoms with Crippen molar-refractivity contribution in [1.29, 1.82) is 0 Å². The number of nitrogens with zero attached hydrogens (tertiary/aromatic N) is 2. The summed E-state index contributed by atoms with van der Waals surface area (Å²) in [6.07, 6.45) is 0. The molecule has 20 heavy (non-hydrogen) atoms. The van der Waals surface area contributed by atoms with Crippen molar-refractivity contribution < 1.29 is 9.05 Å². The van der Waals surface area contributed by atoms with E-state index in [0.717, 1.165) is 39.3 Å². The molecule has 0 aliphatic heterocycles. The first-order chi connectivity index (χ1) is 9.74. The van der Waals surface area contributed by atoms with Crippen molar-refractivity contribution in [3.8, 4) is 10.6 Å². The molecule has 0 aliphatic rings. The Bertz CT molecular complexity index is 666. The average molecular weight is 306 g/mol. The first-order valence-electron chi connectivity index (χ1n) is 6.23. The first-order valence-corrected chi connectivity index (χ1v) is 8.26. The second-order valence-electron chi connectivity index (χ2n) is 4.46. The van der Waals surface area contributed by atoms with Crippen LogP contribution in [0.3, 0.4) is 0 Å². The quantitative estimate of drug-likeness (QED) is 0.697. The highest BCUT2D eigenvalue weighted by molar-refractivity contribution is 7.97. The summed E-state index contributed by atoms with van der Waals surface area (Å²) in [5.74, 6) is 3.43. The maximum Gasteiger partial charge on any atom is 0.177 e. The standard InChI is InChI=1S/C14H14N2O2S2/c1-9-12(10(2)17-15-9)8-19-7-11-6-13(18-16-11)14-4-3-5-20-14/h3-6H,7-8H2,1-2H3. The van der Waals surface area contributed by atoms with Gasteiger partial charge < -0.3 is 9.05 Å². The van der Waals surface area contributed by atoms with Gasteiger partial charge in [0.05, 0.1) is 16.3 Å². The van der Waals surface area contributed by atoms with E-state index in [1.165, 1.54) is 5.56 Å². The molecular formula is C14H14N2O2S2. The van der Waals surface area contributed by atoms with Crippen LogP contribution in [0.15, 0.2) is 32.6 Å². The summed E-state index contributed by atoms with van der Waals surface area (Å²) in [5, 5.41) is 10.1. The second kappa shape index (κ2) is 5.85. The Balaban J connectivity index is 1.59. The summed E-state index contributed by atoms with van der Waals surface area (Å²) in [6.45, 7) is 3.91. The maximum absolute atomic E-state index is 5.36. The molecule has 0 radical (unpaired) electrons. The smallest absolute Gasteiger partial charge is 0.177 e. The van der Waals surface area contributed by atoms with E-state index >= 15 is 0 Å². The van der Waals surface area contributed by atoms with Crippen LogP contribution >= 0.6 is 23.1 Å². The van der Waals surface area contributed by atoms with Gasteiger partial charge in [-0.25, -0.2) is 0 Å². The van der Waals surface area contributed by atoms with Gasteiger partial charge in [0.25, 0.3) is 0 Å². The van der Waals surface area contributed by atoms with E-state index in [-0.39, 0.29) is 0 Å². The lowest BCUT2D eigenvalue weighted by Crippen LogP contribution is -1.86. The van der Waals surface area contributed by atoms with E-state index in [9.17, 15) is 0 Å². The molecule has 4 nitrogen and oxygen atoms in total. The average Bonchev–Trinajstić information content (AvgIpc) is 3.14. The zero-order valence-electron chi connectivity index (χ0n) is 11.3. The highest BCUT2D eigenvalue weighted by Crippen LogP contribution is 2.27. The Hall–Kier alpha value is -1.53. The van der Waals surface area contributed by atoms with Gasteiger partial charge in [0.1, 0.15) is 5.76 Å². The Morgan fingerprint density at radius 2 is 2.10 bits per heavy atom. The lowest BCUT2D eigenvalue weighted by molar-refractivity contribution is 0.392. The van der Waals surface area contributed by atoms with Crippen LogP contribution in [0, 0.1) is 13.8 Å². The molecule has 0 aliphatic carbocycles. The van der Waals surface area contributed by atoms with Crippen LogP contribution < -0.4 is 0 Å². The maximum atomic E-state index is 5.36. The molecule has 0 atom stereocenters. The molecule has 0 spiro atoms. The van der Waals surface area contributed by atoms with Crippen molar-refractivity contribution in [2.75, 3.05) is 0 Å². The number of thiophene rings is 1. The van der Waals surface area contributed by atoms with Crippen molar-refractivity contribution in [1.82, 2.24) is 10.3 Å². The summed E-state index contributed by atoms with van der Waals surface area (Å²) in [7, 11) is 0. The van der Waals surface area contributed by atoms with Crippen LogP contribution in [-0.4, -0.2) is 10.3 Å². The summed E-state index contributed by atoms with van der Waals surface area (Å²) >= 11 is 3.44. The van der Waals surface area contributed by atoms with Crippen molar-refractivity contribution in [2.45, 2.75) is 25.4 Å². The topological polar surface area (TPSA) is 52.1 Å². The van der Waals surface area contributed by atoms with Crippen molar-refractivity contribution >= 4 is 23.1 Å². The predicted molar refractivity (Wildman–Crippen MR) is 80.8 cm³/mol. The van der Waals surface area contributed by atoms with Crippen molar-refractivity contribution in [3.05, 3.63) is 46.3 Å². The van der Waals surface area contributed by atoms with Crippen LogP contribution in [0.1, 0.15) is 22.7 Å². The van der Waals surface area contributed by atoms with Crippen LogP contribution in [0.25, 0.3) is 10.6 Å². The molecule has 0 aromatic carbocycles. The summed E-state index contributed by atoms with van der Waals surface area (Å²) in [4.78, 5) is 1.11. The first kappa shape index (κ1) is 13.5. The highest BCUT2D eigenvalue weighted by Gasteiger charge is 2.11. The summed E-state index contributed by atoms with van der Waals surface area (Å²) < 4.78 is 10.5. The molecule has 0 bridgehead atoms. The minimum Gasteiger partial charge on any atom is -0.361 e. The molecule has 104 valence electrons. The molecule has 0 unspecified atom stereocenters. The van der Waals surface area contributed by atoms with E-state index in [1.807, 2.05) is 37.4 Å². The largest absolute Gasteiger partial charge is 0.361 e. The van der Waals surface area contributed by atoms with Gasteiger partial charge in [-0.05, 0) is 25.3 Å². The lowest BCUT2D eigenvalue weighted by Gasteiger charge is -1.98. The lowest BCUT2D eigenvalue weighted by atomic mass is 10.2. The number of aryl methyl sites for hydroxylation is 2. The second-order valence-corrected chi connectivity index (χ2v) is 6.39. The van der Waals surface area contributed by atoms with Crippen molar-refractivity contribution in [2.24, 2.45) is 0 Å². The molecule has 0 fully saturated rings. The van der Waals surface area contributed by atoms with Crippen LogP contribution in [-0.2, 0) is 11.5 Å². The van der Waals surface area contributed by atoms with E-state index in [1.54, 1.807) is 23.1 Å². The van der Waals surface area contributed by atoms with Gasteiger partial charge in [-0.1, -0.05) is 16.4 Å². The minimum absolute atomic E-state index is 0.818. The van der Waals surface area contributed by atoms with E-state index in [0.29, 0.717) is 0 Å². The number of rotatable bonds is 5. The van der Waals surface area contributed by atoms with Gasteiger partial charge >= 0.3 is 0 Å². The molecule has 3 rings (SSSR count). The van der Waals surface area contributed by atoms with Gasteiger partial charge in [-0.3, -0.25) is 0 Å². The number of thioether (sulfide) groups is 1. The number of hydrogen-bond donors (Lipinski definition) is 0. The third-order valence-electron chi connectivity index (χ3n) is 3.00. The molecule has 0 N–H and O–H groups in total. The molecule has 3 aromatic rings. The molecular weight excluding hydrogens is 292 g/mol. The molecule has 3 aromatic heterocycles. The Morgan fingerprint density at radius 3 is 2.80 bits per heavy atom. The SMILES string of the molecule is Cc1noc(C)c1CSCc1cc(-c2cccs2)on1. The molecule has 3 heterocycles. The number of hydrogen-bond acceptors (Lipinski definition) is 6. The highest BCUT2D eigenvalue weighted by atomic mass is 32.2.